The molecule has 334 valence electrons. The summed E-state index contributed by atoms with van der Waals surface area (Å²) in [6.07, 6.45) is 46.1. The molecule has 2 atom stereocenters. The Kier molecular flexibility index (Phi) is 41.0. The minimum atomic E-state index is -4.36. The molecule has 0 saturated carbocycles. The van der Waals surface area contributed by atoms with E-state index in [9.17, 15) is 19.0 Å². The van der Waals surface area contributed by atoms with Gasteiger partial charge in [-0.15, -0.1) is 0 Å². The third kappa shape index (κ3) is 43.6. The van der Waals surface area contributed by atoms with Gasteiger partial charge in [-0.05, 0) is 84.7 Å². The van der Waals surface area contributed by atoms with Gasteiger partial charge in [-0.3, -0.25) is 18.6 Å². The van der Waals surface area contributed by atoms with Gasteiger partial charge >= 0.3 is 19.8 Å². The first-order valence-corrected chi connectivity index (χ1v) is 24.8. The van der Waals surface area contributed by atoms with Gasteiger partial charge in [-0.1, -0.05) is 159 Å². The lowest BCUT2D eigenvalue weighted by molar-refractivity contribution is -0.161. The van der Waals surface area contributed by atoms with Crippen LogP contribution in [-0.4, -0.2) is 68.3 Å². The molecule has 0 aliphatic carbocycles. The van der Waals surface area contributed by atoms with E-state index in [1.807, 2.05) is 19.0 Å². The largest absolute Gasteiger partial charge is 0.472 e. The van der Waals surface area contributed by atoms with Gasteiger partial charge in [0.15, 0.2) is 6.10 Å². The molecule has 2 unspecified atom stereocenters. The fraction of sp³-hybridized carbons (Fsp3) is 0.830. The second-order valence-electron chi connectivity index (χ2n) is 15.9. The zero-order chi connectivity index (χ0) is 41.9. The molecule has 0 saturated heterocycles. The Bertz CT molecular complexity index is 1050. The maximum absolute atomic E-state index is 12.7. The summed E-state index contributed by atoms with van der Waals surface area (Å²) < 4.78 is 33.5. The van der Waals surface area contributed by atoms with Gasteiger partial charge in [0.1, 0.15) is 6.61 Å². The first-order valence-electron chi connectivity index (χ1n) is 23.3. The van der Waals surface area contributed by atoms with Crippen LogP contribution < -0.4 is 0 Å². The molecule has 0 heterocycles. The summed E-state index contributed by atoms with van der Waals surface area (Å²) in [5.74, 6) is -0.813. The zero-order valence-corrected chi connectivity index (χ0v) is 38.2. The Balaban J connectivity index is 4.24. The molecule has 0 fully saturated rings. The summed E-state index contributed by atoms with van der Waals surface area (Å²) in [6.45, 7) is 4.29. The number of allylic oxidation sites excluding steroid dienone is 6. The molecule has 0 spiro atoms. The lowest BCUT2D eigenvalue weighted by Crippen LogP contribution is -2.29. The Morgan fingerprint density at radius 3 is 1.44 bits per heavy atom. The van der Waals surface area contributed by atoms with Crippen molar-refractivity contribution in [3.63, 3.8) is 0 Å². The molecule has 0 aromatic carbocycles. The van der Waals surface area contributed by atoms with Crippen molar-refractivity contribution in [2.24, 2.45) is 0 Å². The first kappa shape index (κ1) is 55.2. The fourth-order valence-corrected chi connectivity index (χ4v) is 7.04. The molecule has 0 amide bonds. The molecule has 0 aliphatic rings. The summed E-state index contributed by atoms with van der Waals surface area (Å²) >= 11 is 0. The lowest BCUT2D eigenvalue weighted by Gasteiger charge is -2.20. The van der Waals surface area contributed by atoms with Gasteiger partial charge in [0, 0.05) is 19.4 Å². The Labute approximate surface area is 350 Å². The summed E-state index contributed by atoms with van der Waals surface area (Å²) in [6, 6.07) is 0. The van der Waals surface area contributed by atoms with Crippen molar-refractivity contribution in [2.45, 2.75) is 213 Å². The molecule has 57 heavy (non-hydrogen) atoms. The molecule has 0 bridgehead atoms. The maximum Gasteiger partial charge on any atom is 0.472 e. The number of hydrogen-bond acceptors (Lipinski definition) is 8. The van der Waals surface area contributed by atoms with E-state index in [-0.39, 0.29) is 32.0 Å². The number of phosphoric acid groups is 1. The fourth-order valence-electron chi connectivity index (χ4n) is 6.30. The number of rotatable bonds is 43. The highest BCUT2D eigenvalue weighted by atomic mass is 31.2. The van der Waals surface area contributed by atoms with Crippen LogP contribution in [0.1, 0.15) is 206 Å². The maximum atomic E-state index is 12.7. The van der Waals surface area contributed by atoms with E-state index in [2.05, 4.69) is 50.3 Å². The van der Waals surface area contributed by atoms with Gasteiger partial charge in [-0.25, -0.2) is 4.57 Å². The van der Waals surface area contributed by atoms with Crippen molar-refractivity contribution < 1.29 is 37.6 Å². The normalized spacial score (nSPS) is 13.6. The molecule has 0 radical (unpaired) electrons. The molecular weight excluding hydrogens is 737 g/mol. The zero-order valence-electron chi connectivity index (χ0n) is 37.3. The van der Waals surface area contributed by atoms with E-state index in [0.29, 0.717) is 13.0 Å². The minimum absolute atomic E-state index is 0.00523. The number of carbonyl (C=O) groups excluding carboxylic acids is 2. The van der Waals surface area contributed by atoms with Gasteiger partial charge in [0.25, 0.3) is 0 Å². The predicted molar refractivity (Wildman–Crippen MR) is 238 cm³/mol. The molecule has 9 nitrogen and oxygen atoms in total. The van der Waals surface area contributed by atoms with Crippen LogP contribution >= 0.6 is 7.82 Å². The van der Waals surface area contributed by atoms with Gasteiger partial charge in [0.2, 0.25) is 0 Å². The van der Waals surface area contributed by atoms with Gasteiger partial charge < -0.3 is 19.3 Å². The van der Waals surface area contributed by atoms with Crippen LogP contribution in [0.25, 0.3) is 0 Å². The summed E-state index contributed by atoms with van der Waals surface area (Å²) in [7, 11) is -0.716. The highest BCUT2D eigenvalue weighted by molar-refractivity contribution is 7.47. The number of ether oxygens (including phenoxy) is 2. The number of nitrogens with zero attached hydrogens (tertiary/aromatic N) is 1. The summed E-state index contributed by atoms with van der Waals surface area (Å²) in [4.78, 5) is 37.1. The predicted octanol–water partition coefficient (Wildman–Crippen LogP) is 13.5. The highest BCUT2D eigenvalue weighted by Crippen LogP contribution is 2.43. The number of carbonyl (C=O) groups is 2. The van der Waals surface area contributed by atoms with Crippen molar-refractivity contribution in [1.82, 2.24) is 4.90 Å². The van der Waals surface area contributed by atoms with Crippen LogP contribution in [0.15, 0.2) is 36.5 Å². The second-order valence-corrected chi connectivity index (χ2v) is 17.4. The van der Waals surface area contributed by atoms with E-state index in [1.165, 1.54) is 116 Å². The van der Waals surface area contributed by atoms with E-state index >= 15 is 0 Å². The van der Waals surface area contributed by atoms with Crippen molar-refractivity contribution in [2.75, 3.05) is 40.5 Å². The monoisotopic (exact) mass is 826 g/mol. The molecular formula is C47H88NO8P. The van der Waals surface area contributed by atoms with Crippen molar-refractivity contribution in [3.05, 3.63) is 36.5 Å². The van der Waals surface area contributed by atoms with E-state index in [1.54, 1.807) is 0 Å². The molecule has 0 aromatic heterocycles. The summed E-state index contributed by atoms with van der Waals surface area (Å²) in [5.41, 5.74) is 0. The Morgan fingerprint density at radius 2 is 0.947 bits per heavy atom. The van der Waals surface area contributed by atoms with Gasteiger partial charge in [0.05, 0.1) is 13.2 Å². The second kappa shape index (κ2) is 42.4. The standard InChI is InChI=1S/C47H88NO8P/c1-5-7-9-11-13-15-17-19-21-22-23-24-26-27-29-31-33-35-37-39-46(49)53-43-45(44-55-57(51,52)54-42-41-48(3)4)56-47(50)40-38-36-34-32-30-28-25-20-18-16-14-12-10-8-6-2/h13,15,19-21,25,45H,5-12,14,16-18,22-24,26-44H2,1-4H3,(H,51,52)/b15-13-,21-19-,25-20-. The average Bonchev–Trinajstić information content (AvgIpc) is 3.18. The van der Waals surface area contributed by atoms with Crippen molar-refractivity contribution in [1.29, 1.82) is 0 Å². The van der Waals surface area contributed by atoms with E-state index < -0.39 is 26.5 Å². The van der Waals surface area contributed by atoms with E-state index in [0.717, 1.165) is 57.8 Å². The van der Waals surface area contributed by atoms with Crippen LogP contribution in [-0.2, 0) is 32.7 Å². The van der Waals surface area contributed by atoms with Gasteiger partial charge in [-0.2, -0.15) is 0 Å². The smallest absolute Gasteiger partial charge is 0.462 e. The average molecular weight is 826 g/mol. The van der Waals surface area contributed by atoms with Crippen molar-refractivity contribution >= 4 is 19.8 Å². The number of hydrogen-bond donors (Lipinski definition) is 1. The lowest BCUT2D eigenvalue weighted by atomic mass is 10.1. The first-order chi connectivity index (χ1) is 27.7. The van der Waals surface area contributed by atoms with Crippen LogP contribution in [0.5, 0.6) is 0 Å². The molecule has 1 N–H and O–H groups in total. The minimum Gasteiger partial charge on any atom is -0.462 e. The molecule has 0 rings (SSSR count). The molecule has 0 aliphatic heterocycles. The summed E-state index contributed by atoms with van der Waals surface area (Å²) in [5, 5.41) is 0. The van der Waals surface area contributed by atoms with E-state index in [4.69, 9.17) is 18.5 Å². The topological polar surface area (TPSA) is 112 Å². The number of unbranched alkanes of at least 4 members (excludes halogenated alkanes) is 23. The Hall–Kier alpha value is -1.77. The third-order valence-corrected chi connectivity index (χ3v) is 10.9. The van der Waals surface area contributed by atoms with Crippen LogP contribution in [0.2, 0.25) is 0 Å². The quantitative estimate of drug-likeness (QED) is 0.0278. The Morgan fingerprint density at radius 1 is 0.544 bits per heavy atom. The van der Waals surface area contributed by atoms with Crippen LogP contribution in [0.3, 0.4) is 0 Å². The molecule has 0 aromatic rings. The number of likely N-dealkylation sites (N-methyl/N-ethyl adjacent to an activating group) is 1. The number of esters is 2. The van der Waals surface area contributed by atoms with Crippen LogP contribution in [0, 0.1) is 0 Å². The third-order valence-electron chi connectivity index (χ3n) is 9.92. The highest BCUT2D eigenvalue weighted by Gasteiger charge is 2.26. The molecule has 10 heteroatoms. The van der Waals surface area contributed by atoms with Crippen LogP contribution in [0.4, 0.5) is 0 Å². The van der Waals surface area contributed by atoms with Crippen molar-refractivity contribution in [3.8, 4) is 0 Å². The number of phosphoric ester groups is 1. The SMILES string of the molecule is CCCCC/C=C\C/C=C\CCCCCCCCCCCC(=O)OCC(COP(=O)(O)OCCN(C)C)OC(=O)CCCCCCC/C=C\CCCCCCCC.